The van der Waals surface area contributed by atoms with Crippen molar-refractivity contribution >= 4 is 0 Å². The molecule has 0 radical (unpaired) electrons. The van der Waals surface area contributed by atoms with Crippen LogP contribution in [0.2, 0.25) is 0 Å². The van der Waals surface area contributed by atoms with Gasteiger partial charge in [0.05, 0.1) is 24.7 Å². The number of aliphatic hydroxyl groups is 2. The highest BCUT2D eigenvalue weighted by Crippen LogP contribution is 2.03. The first kappa shape index (κ1) is 13.8. The third kappa shape index (κ3) is 5.98. The monoisotopic (exact) mass is 214 g/mol. The molecule has 1 aromatic rings. The lowest BCUT2D eigenvalue weighted by atomic mass is 10.4. The molecule has 0 spiro atoms. The van der Waals surface area contributed by atoms with Gasteiger partial charge in [-0.3, -0.25) is 4.98 Å². The summed E-state index contributed by atoms with van der Waals surface area (Å²) in [6.07, 6.45) is 2.17. The van der Waals surface area contributed by atoms with E-state index in [1.54, 1.807) is 6.20 Å². The largest absolute Gasteiger partial charge is 0.474 e. The molecule has 0 saturated heterocycles. The van der Waals surface area contributed by atoms with Gasteiger partial charge in [0.25, 0.3) is 0 Å². The van der Waals surface area contributed by atoms with Crippen molar-refractivity contribution in [2.45, 2.75) is 26.9 Å². The Morgan fingerprint density at radius 1 is 1.33 bits per heavy atom. The van der Waals surface area contributed by atoms with Crippen molar-refractivity contribution in [3.8, 4) is 5.88 Å². The van der Waals surface area contributed by atoms with E-state index in [0.717, 1.165) is 5.69 Å². The zero-order valence-electron chi connectivity index (χ0n) is 9.34. The molecule has 5 nitrogen and oxygen atoms in total. The SMILES string of the molecule is CC.Cc1cnc(OCC(O)CO)cn1. The molecule has 1 heterocycles. The molecule has 0 aliphatic heterocycles. The number of aliphatic hydroxyl groups excluding tert-OH is 2. The lowest BCUT2D eigenvalue weighted by molar-refractivity contribution is 0.0519. The Morgan fingerprint density at radius 3 is 2.47 bits per heavy atom. The fourth-order valence-electron chi connectivity index (χ4n) is 0.690. The van der Waals surface area contributed by atoms with E-state index in [-0.39, 0.29) is 13.2 Å². The van der Waals surface area contributed by atoms with Crippen LogP contribution in [0.4, 0.5) is 0 Å². The van der Waals surface area contributed by atoms with E-state index in [1.807, 2.05) is 20.8 Å². The third-order valence-corrected chi connectivity index (χ3v) is 1.39. The molecular weight excluding hydrogens is 196 g/mol. The quantitative estimate of drug-likeness (QED) is 0.765. The fourth-order valence-corrected chi connectivity index (χ4v) is 0.690. The molecule has 1 atom stereocenters. The predicted octanol–water partition coefficient (Wildman–Crippen LogP) is 0.543. The zero-order chi connectivity index (χ0) is 11.7. The highest BCUT2D eigenvalue weighted by Gasteiger charge is 2.03. The van der Waals surface area contributed by atoms with Gasteiger partial charge in [-0.25, -0.2) is 4.98 Å². The summed E-state index contributed by atoms with van der Waals surface area (Å²) in [5, 5.41) is 17.4. The first-order valence-electron chi connectivity index (χ1n) is 4.92. The van der Waals surface area contributed by atoms with E-state index in [2.05, 4.69) is 9.97 Å². The van der Waals surface area contributed by atoms with Crippen molar-refractivity contribution in [2.75, 3.05) is 13.2 Å². The second-order valence-electron chi connectivity index (χ2n) is 2.64. The lowest BCUT2D eigenvalue weighted by Gasteiger charge is -2.08. The Bertz CT molecular complexity index is 251. The molecule has 1 aromatic heterocycles. The molecule has 0 fully saturated rings. The van der Waals surface area contributed by atoms with Crippen molar-refractivity contribution < 1.29 is 14.9 Å². The summed E-state index contributed by atoms with van der Waals surface area (Å²) in [6.45, 7) is 5.52. The Morgan fingerprint density at radius 2 is 2.00 bits per heavy atom. The van der Waals surface area contributed by atoms with Crippen LogP contribution in [0, 0.1) is 6.92 Å². The number of aryl methyl sites for hydroxylation is 1. The summed E-state index contributed by atoms with van der Waals surface area (Å²) in [5.41, 5.74) is 0.801. The first-order valence-corrected chi connectivity index (χ1v) is 4.92. The second-order valence-corrected chi connectivity index (χ2v) is 2.64. The molecule has 2 N–H and O–H groups in total. The summed E-state index contributed by atoms with van der Waals surface area (Å²) < 4.78 is 5.03. The van der Waals surface area contributed by atoms with E-state index in [0.29, 0.717) is 5.88 Å². The van der Waals surface area contributed by atoms with Crippen LogP contribution in [-0.4, -0.2) is 39.5 Å². The number of ether oxygens (including phenoxy) is 1. The normalized spacial score (nSPS) is 11.3. The zero-order valence-corrected chi connectivity index (χ0v) is 9.34. The van der Waals surface area contributed by atoms with E-state index in [9.17, 15) is 0 Å². The van der Waals surface area contributed by atoms with Crippen LogP contribution in [0.3, 0.4) is 0 Å². The molecule has 1 rings (SSSR count). The number of hydrogen-bond acceptors (Lipinski definition) is 5. The van der Waals surface area contributed by atoms with Crippen molar-refractivity contribution in [1.82, 2.24) is 9.97 Å². The van der Waals surface area contributed by atoms with Gasteiger partial charge in [0, 0.05) is 0 Å². The van der Waals surface area contributed by atoms with Gasteiger partial charge in [-0.05, 0) is 6.92 Å². The van der Waals surface area contributed by atoms with Gasteiger partial charge < -0.3 is 14.9 Å². The minimum atomic E-state index is -0.872. The van der Waals surface area contributed by atoms with E-state index in [1.165, 1.54) is 6.20 Å². The number of rotatable bonds is 4. The van der Waals surface area contributed by atoms with Crippen molar-refractivity contribution in [2.24, 2.45) is 0 Å². The van der Waals surface area contributed by atoms with Gasteiger partial charge in [-0.2, -0.15) is 0 Å². The van der Waals surface area contributed by atoms with Crippen LogP contribution in [0.25, 0.3) is 0 Å². The van der Waals surface area contributed by atoms with Crippen molar-refractivity contribution in [3.05, 3.63) is 18.1 Å². The first-order chi connectivity index (χ1) is 7.22. The van der Waals surface area contributed by atoms with E-state index < -0.39 is 6.10 Å². The molecule has 0 aromatic carbocycles. The van der Waals surface area contributed by atoms with Gasteiger partial charge in [0.15, 0.2) is 0 Å². The average Bonchev–Trinajstić information content (AvgIpc) is 2.30. The van der Waals surface area contributed by atoms with Crippen molar-refractivity contribution in [1.29, 1.82) is 0 Å². The van der Waals surface area contributed by atoms with Crippen molar-refractivity contribution in [3.63, 3.8) is 0 Å². The van der Waals surface area contributed by atoms with Crippen LogP contribution in [-0.2, 0) is 0 Å². The average molecular weight is 214 g/mol. The molecule has 0 bridgehead atoms. The standard InChI is InChI=1S/C8H12N2O3.C2H6/c1-6-2-10-8(3-9-6)13-5-7(12)4-11;1-2/h2-3,7,11-12H,4-5H2,1H3;1-2H3. The third-order valence-electron chi connectivity index (χ3n) is 1.39. The summed E-state index contributed by atoms with van der Waals surface area (Å²) in [5.74, 6) is 0.345. The molecule has 15 heavy (non-hydrogen) atoms. The van der Waals surface area contributed by atoms with Crippen LogP contribution in [0.15, 0.2) is 12.4 Å². The maximum Gasteiger partial charge on any atom is 0.232 e. The van der Waals surface area contributed by atoms with Gasteiger partial charge >= 0.3 is 0 Å². The number of aromatic nitrogens is 2. The topological polar surface area (TPSA) is 75.5 Å². The summed E-state index contributed by atoms with van der Waals surface area (Å²) in [4.78, 5) is 7.86. The van der Waals surface area contributed by atoms with Crippen LogP contribution in [0.1, 0.15) is 19.5 Å². The molecule has 86 valence electrons. The Hall–Kier alpha value is -1.20. The van der Waals surface area contributed by atoms with Crippen LogP contribution >= 0.6 is 0 Å². The molecule has 5 heteroatoms. The maximum atomic E-state index is 8.95. The summed E-state index contributed by atoms with van der Waals surface area (Å²) in [7, 11) is 0. The number of hydrogen-bond donors (Lipinski definition) is 2. The Balaban J connectivity index is 0.000000921. The van der Waals surface area contributed by atoms with Gasteiger partial charge in [-0.15, -0.1) is 0 Å². The highest BCUT2D eigenvalue weighted by molar-refractivity contribution is 5.05. The smallest absolute Gasteiger partial charge is 0.232 e. The van der Waals surface area contributed by atoms with Gasteiger partial charge in [-0.1, -0.05) is 13.8 Å². The fraction of sp³-hybridized carbons (Fsp3) is 0.600. The molecule has 0 aliphatic rings. The van der Waals surface area contributed by atoms with E-state index in [4.69, 9.17) is 14.9 Å². The Kier molecular flexibility index (Phi) is 7.49. The van der Waals surface area contributed by atoms with Crippen LogP contribution < -0.4 is 4.74 Å². The van der Waals surface area contributed by atoms with E-state index >= 15 is 0 Å². The lowest BCUT2D eigenvalue weighted by Crippen LogP contribution is -2.21. The number of nitrogens with zero attached hydrogens (tertiary/aromatic N) is 2. The summed E-state index contributed by atoms with van der Waals surface area (Å²) in [6, 6.07) is 0. The minimum Gasteiger partial charge on any atom is -0.474 e. The van der Waals surface area contributed by atoms with Gasteiger partial charge in [0.1, 0.15) is 12.7 Å². The summed E-state index contributed by atoms with van der Waals surface area (Å²) >= 11 is 0. The molecule has 0 aliphatic carbocycles. The Labute approximate surface area is 89.8 Å². The molecule has 0 amide bonds. The minimum absolute atomic E-state index is 0.0221. The molecular formula is C10H18N2O3. The highest BCUT2D eigenvalue weighted by atomic mass is 16.5. The molecule has 1 unspecified atom stereocenters. The predicted molar refractivity (Wildman–Crippen MR) is 56.7 cm³/mol. The maximum absolute atomic E-state index is 8.95. The molecule has 0 saturated carbocycles. The van der Waals surface area contributed by atoms with Gasteiger partial charge in [0.2, 0.25) is 5.88 Å². The van der Waals surface area contributed by atoms with Crippen LogP contribution in [0.5, 0.6) is 5.88 Å². The second kappa shape index (κ2) is 8.14.